The van der Waals surface area contributed by atoms with E-state index in [0.29, 0.717) is 18.3 Å². The van der Waals surface area contributed by atoms with Crippen molar-refractivity contribution in [1.29, 1.82) is 0 Å². The zero-order chi connectivity index (χ0) is 22.0. The van der Waals surface area contributed by atoms with Gasteiger partial charge in [0.1, 0.15) is 5.82 Å². The van der Waals surface area contributed by atoms with E-state index < -0.39 is 0 Å². The van der Waals surface area contributed by atoms with Crippen LogP contribution in [0.25, 0.3) is 22.5 Å². The fourth-order valence-corrected chi connectivity index (χ4v) is 3.64. The van der Waals surface area contributed by atoms with E-state index in [-0.39, 0.29) is 11.7 Å². The Labute approximate surface area is 180 Å². The van der Waals surface area contributed by atoms with Crippen molar-refractivity contribution in [2.24, 2.45) is 5.92 Å². The van der Waals surface area contributed by atoms with Gasteiger partial charge in [-0.1, -0.05) is 62.4 Å². The summed E-state index contributed by atoms with van der Waals surface area (Å²) >= 11 is 0. The van der Waals surface area contributed by atoms with Crippen LogP contribution in [0.5, 0.6) is 0 Å². The molecule has 0 aliphatic rings. The SMILES string of the molecule is CC(C)Cc1nn(C(C)C)c(=O)n1Cc1ccc(-c2ccccc2-c2nn[nH]n2)cc1. The lowest BCUT2D eigenvalue weighted by Crippen LogP contribution is -2.27. The van der Waals surface area contributed by atoms with Crippen molar-refractivity contribution in [3.8, 4) is 22.5 Å². The lowest BCUT2D eigenvalue weighted by atomic mass is 9.98. The van der Waals surface area contributed by atoms with Crippen LogP contribution in [0.4, 0.5) is 0 Å². The average Bonchev–Trinajstić information content (AvgIpc) is 3.38. The number of hydrogen-bond donors (Lipinski definition) is 1. The lowest BCUT2D eigenvalue weighted by molar-refractivity contribution is 0.502. The van der Waals surface area contributed by atoms with E-state index in [0.717, 1.165) is 34.5 Å². The van der Waals surface area contributed by atoms with Crippen LogP contribution >= 0.6 is 0 Å². The fraction of sp³-hybridized carbons (Fsp3) is 0.348. The highest BCUT2D eigenvalue weighted by Crippen LogP contribution is 2.29. The summed E-state index contributed by atoms with van der Waals surface area (Å²) in [5, 5.41) is 19.0. The van der Waals surface area contributed by atoms with Crippen LogP contribution < -0.4 is 5.69 Å². The summed E-state index contributed by atoms with van der Waals surface area (Å²) in [4.78, 5) is 12.9. The van der Waals surface area contributed by atoms with Gasteiger partial charge in [0.15, 0.2) is 0 Å². The first-order valence-corrected chi connectivity index (χ1v) is 10.5. The molecule has 0 unspecified atom stereocenters. The third-order valence-electron chi connectivity index (χ3n) is 5.16. The number of hydrogen-bond acceptors (Lipinski definition) is 5. The second kappa shape index (κ2) is 8.67. The van der Waals surface area contributed by atoms with Crippen molar-refractivity contribution in [3.63, 3.8) is 0 Å². The van der Waals surface area contributed by atoms with Gasteiger partial charge in [-0.2, -0.15) is 10.3 Å². The Morgan fingerprint density at radius 2 is 1.68 bits per heavy atom. The highest BCUT2D eigenvalue weighted by atomic mass is 16.2. The number of tetrazole rings is 1. The molecule has 4 aromatic rings. The summed E-state index contributed by atoms with van der Waals surface area (Å²) in [6.07, 6.45) is 0.769. The molecule has 0 saturated heterocycles. The summed E-state index contributed by atoms with van der Waals surface area (Å²) < 4.78 is 3.37. The number of nitrogens with zero attached hydrogens (tertiary/aromatic N) is 6. The zero-order valence-electron chi connectivity index (χ0n) is 18.3. The molecule has 0 aliphatic carbocycles. The quantitative estimate of drug-likeness (QED) is 0.495. The third kappa shape index (κ3) is 4.33. The maximum absolute atomic E-state index is 12.9. The standard InChI is InChI=1S/C23H27N7O/c1-15(2)13-21-26-30(16(3)4)23(31)29(21)14-17-9-11-18(12-10-17)19-7-5-6-8-20(19)22-24-27-28-25-22/h5-12,15-16H,13-14H2,1-4H3,(H,24,25,27,28). The summed E-state index contributed by atoms with van der Waals surface area (Å²) in [5.41, 5.74) is 3.99. The number of aromatic amines is 1. The number of H-pyrrole nitrogens is 1. The second-order valence-corrected chi connectivity index (χ2v) is 8.40. The van der Waals surface area contributed by atoms with Gasteiger partial charge >= 0.3 is 5.69 Å². The molecule has 0 aliphatic heterocycles. The van der Waals surface area contributed by atoms with Crippen LogP contribution in [0.2, 0.25) is 0 Å². The van der Waals surface area contributed by atoms with Gasteiger partial charge in [0.2, 0.25) is 5.82 Å². The molecule has 2 aromatic heterocycles. The largest absolute Gasteiger partial charge is 0.346 e. The van der Waals surface area contributed by atoms with Gasteiger partial charge in [0.25, 0.3) is 0 Å². The molecule has 160 valence electrons. The Bertz CT molecular complexity index is 1200. The van der Waals surface area contributed by atoms with Gasteiger partial charge in [0.05, 0.1) is 12.6 Å². The smallest absolute Gasteiger partial charge is 0.274 e. The van der Waals surface area contributed by atoms with Crippen molar-refractivity contribution in [3.05, 3.63) is 70.4 Å². The number of rotatable bonds is 7. The van der Waals surface area contributed by atoms with E-state index in [2.05, 4.69) is 63.8 Å². The minimum Gasteiger partial charge on any atom is -0.274 e. The summed E-state index contributed by atoms with van der Waals surface area (Å²) in [6.45, 7) is 8.74. The minimum atomic E-state index is -0.0582. The lowest BCUT2D eigenvalue weighted by Gasteiger charge is -2.10. The first-order chi connectivity index (χ1) is 14.9. The minimum absolute atomic E-state index is 0.0312. The Kier molecular flexibility index (Phi) is 5.79. The number of nitrogens with one attached hydrogen (secondary N) is 1. The van der Waals surface area contributed by atoms with Gasteiger partial charge in [-0.05, 0) is 41.7 Å². The topological polar surface area (TPSA) is 94.3 Å². The van der Waals surface area contributed by atoms with Gasteiger partial charge in [0, 0.05) is 12.0 Å². The van der Waals surface area contributed by atoms with E-state index in [1.54, 1.807) is 9.25 Å². The first-order valence-electron chi connectivity index (χ1n) is 10.5. The molecule has 0 spiro atoms. The van der Waals surface area contributed by atoms with E-state index >= 15 is 0 Å². The molecule has 2 aromatic carbocycles. The van der Waals surface area contributed by atoms with E-state index in [1.165, 1.54) is 0 Å². The predicted octanol–water partition coefficient (Wildman–Crippen LogP) is 3.72. The van der Waals surface area contributed by atoms with Crippen LogP contribution in [0, 0.1) is 5.92 Å². The zero-order valence-corrected chi connectivity index (χ0v) is 18.3. The molecule has 31 heavy (non-hydrogen) atoms. The van der Waals surface area contributed by atoms with Crippen molar-refractivity contribution in [1.82, 2.24) is 35.0 Å². The van der Waals surface area contributed by atoms with Crippen molar-refractivity contribution >= 4 is 0 Å². The van der Waals surface area contributed by atoms with Crippen molar-refractivity contribution < 1.29 is 0 Å². The van der Waals surface area contributed by atoms with E-state index in [1.807, 2.05) is 38.1 Å². The monoisotopic (exact) mass is 417 g/mol. The van der Waals surface area contributed by atoms with Crippen molar-refractivity contribution in [2.45, 2.75) is 46.7 Å². The van der Waals surface area contributed by atoms with Gasteiger partial charge in [-0.15, -0.1) is 10.2 Å². The molecule has 0 fully saturated rings. The molecule has 2 heterocycles. The number of aromatic nitrogens is 7. The first kappa shape index (κ1) is 20.7. The highest BCUT2D eigenvalue weighted by Gasteiger charge is 2.17. The highest BCUT2D eigenvalue weighted by molar-refractivity contribution is 5.80. The molecule has 0 amide bonds. The maximum atomic E-state index is 12.9. The normalized spacial score (nSPS) is 11.5. The van der Waals surface area contributed by atoms with Crippen LogP contribution in [0.3, 0.4) is 0 Å². The molecule has 4 rings (SSSR count). The summed E-state index contributed by atoms with van der Waals surface area (Å²) in [7, 11) is 0. The van der Waals surface area contributed by atoms with Crippen LogP contribution in [0.1, 0.15) is 45.1 Å². The molecule has 8 nitrogen and oxygen atoms in total. The Morgan fingerprint density at radius 1 is 0.968 bits per heavy atom. The molecule has 0 bridgehead atoms. The van der Waals surface area contributed by atoms with Crippen molar-refractivity contribution in [2.75, 3.05) is 0 Å². The van der Waals surface area contributed by atoms with E-state index in [9.17, 15) is 4.79 Å². The maximum Gasteiger partial charge on any atom is 0.346 e. The molecule has 0 atom stereocenters. The molecule has 8 heteroatoms. The molecule has 1 N–H and O–H groups in total. The van der Waals surface area contributed by atoms with Gasteiger partial charge in [-0.25, -0.2) is 9.48 Å². The second-order valence-electron chi connectivity index (χ2n) is 8.40. The Balaban J connectivity index is 1.65. The predicted molar refractivity (Wildman–Crippen MR) is 120 cm³/mol. The third-order valence-corrected chi connectivity index (χ3v) is 5.16. The van der Waals surface area contributed by atoms with Crippen LogP contribution in [0.15, 0.2) is 53.3 Å². The summed E-state index contributed by atoms with van der Waals surface area (Å²) in [6, 6.07) is 16.2. The Morgan fingerprint density at radius 3 is 2.29 bits per heavy atom. The number of benzene rings is 2. The summed E-state index contributed by atoms with van der Waals surface area (Å²) in [5.74, 6) is 1.82. The van der Waals surface area contributed by atoms with Gasteiger partial charge < -0.3 is 0 Å². The molecule has 0 saturated carbocycles. The molecule has 0 radical (unpaired) electrons. The molecular weight excluding hydrogens is 390 g/mol. The van der Waals surface area contributed by atoms with E-state index in [4.69, 9.17) is 0 Å². The van der Waals surface area contributed by atoms with Crippen LogP contribution in [-0.2, 0) is 13.0 Å². The molecular formula is C23H27N7O. The Hall–Kier alpha value is -3.55. The average molecular weight is 418 g/mol. The fourth-order valence-electron chi connectivity index (χ4n) is 3.64. The van der Waals surface area contributed by atoms with Crippen LogP contribution in [-0.4, -0.2) is 35.0 Å². The van der Waals surface area contributed by atoms with Gasteiger partial charge in [-0.3, -0.25) is 4.57 Å².